The molecule has 6 nitrogen and oxygen atoms in total. The summed E-state index contributed by atoms with van der Waals surface area (Å²) in [5.41, 5.74) is 11.2. The minimum atomic E-state index is -0.0936. The SMILES string of the molecule is Cc1nc2c(c(-c3ccc(Cl)cc3Cl)c1CN)C(=O)N(Cc1ccn(C)n1)C2. The largest absolute Gasteiger partial charge is 0.327 e. The Kier molecular flexibility index (Phi) is 4.87. The van der Waals surface area contributed by atoms with Crippen LogP contribution in [-0.4, -0.2) is 25.6 Å². The Morgan fingerprint density at radius 3 is 2.64 bits per heavy atom. The van der Waals surface area contributed by atoms with Crippen molar-refractivity contribution in [2.45, 2.75) is 26.6 Å². The first-order valence-corrected chi connectivity index (χ1v) is 9.60. The predicted molar refractivity (Wildman–Crippen MR) is 109 cm³/mol. The molecule has 0 radical (unpaired) electrons. The van der Waals surface area contributed by atoms with Gasteiger partial charge in [0.2, 0.25) is 0 Å². The van der Waals surface area contributed by atoms with Crippen LogP contribution in [-0.2, 0) is 26.7 Å². The Balaban J connectivity index is 1.84. The van der Waals surface area contributed by atoms with E-state index in [1.165, 1.54) is 0 Å². The highest BCUT2D eigenvalue weighted by Gasteiger charge is 2.34. The molecule has 0 bridgehead atoms. The van der Waals surface area contributed by atoms with E-state index in [1.54, 1.807) is 21.7 Å². The fourth-order valence-electron chi connectivity index (χ4n) is 3.67. The van der Waals surface area contributed by atoms with E-state index in [9.17, 15) is 4.79 Å². The third kappa shape index (κ3) is 3.17. The number of rotatable bonds is 4. The van der Waals surface area contributed by atoms with Crippen molar-refractivity contribution in [3.05, 3.63) is 68.7 Å². The van der Waals surface area contributed by atoms with Crippen LogP contribution in [0, 0.1) is 6.92 Å². The van der Waals surface area contributed by atoms with E-state index in [0.717, 1.165) is 33.8 Å². The lowest BCUT2D eigenvalue weighted by Gasteiger charge is -2.16. The minimum Gasteiger partial charge on any atom is -0.327 e. The number of aryl methyl sites for hydroxylation is 2. The maximum absolute atomic E-state index is 13.3. The van der Waals surface area contributed by atoms with Crippen molar-refractivity contribution in [1.82, 2.24) is 19.7 Å². The van der Waals surface area contributed by atoms with Crippen molar-refractivity contribution < 1.29 is 4.79 Å². The summed E-state index contributed by atoms with van der Waals surface area (Å²) in [5.74, 6) is -0.0936. The quantitative estimate of drug-likeness (QED) is 0.704. The highest BCUT2D eigenvalue weighted by Crippen LogP contribution is 2.40. The van der Waals surface area contributed by atoms with Crippen molar-refractivity contribution in [3.8, 4) is 11.1 Å². The molecule has 1 aromatic carbocycles. The molecule has 3 heterocycles. The zero-order chi connectivity index (χ0) is 20.0. The minimum absolute atomic E-state index is 0.0936. The van der Waals surface area contributed by atoms with Crippen LogP contribution in [0.15, 0.2) is 30.5 Å². The molecule has 1 amide bonds. The molecule has 2 N–H and O–H groups in total. The van der Waals surface area contributed by atoms with Crippen LogP contribution in [0.25, 0.3) is 11.1 Å². The van der Waals surface area contributed by atoms with E-state index in [4.69, 9.17) is 28.9 Å². The Labute approximate surface area is 172 Å². The number of halogens is 2. The molecule has 0 aliphatic carbocycles. The second kappa shape index (κ2) is 7.20. The first kappa shape index (κ1) is 18.9. The van der Waals surface area contributed by atoms with Crippen molar-refractivity contribution in [2.24, 2.45) is 12.8 Å². The van der Waals surface area contributed by atoms with E-state index in [2.05, 4.69) is 10.1 Å². The molecule has 0 saturated carbocycles. The molecule has 4 rings (SSSR count). The number of pyridine rings is 1. The standard InChI is InChI=1S/C20H19Cl2N5O/c1-11-15(8-23)18(14-4-3-12(21)7-16(14)22)19-17(24-11)10-27(20(19)28)9-13-5-6-26(2)25-13/h3-7H,8-10,23H2,1-2H3. The summed E-state index contributed by atoms with van der Waals surface area (Å²) in [7, 11) is 1.85. The third-order valence-electron chi connectivity index (χ3n) is 4.95. The van der Waals surface area contributed by atoms with Crippen molar-refractivity contribution >= 4 is 29.1 Å². The maximum Gasteiger partial charge on any atom is 0.257 e. The number of hydrogen-bond acceptors (Lipinski definition) is 4. The molecule has 0 saturated heterocycles. The Bertz CT molecular complexity index is 1090. The highest BCUT2D eigenvalue weighted by atomic mass is 35.5. The lowest BCUT2D eigenvalue weighted by atomic mass is 9.93. The van der Waals surface area contributed by atoms with Crippen LogP contribution in [0.2, 0.25) is 10.0 Å². The molecular formula is C20H19Cl2N5O. The van der Waals surface area contributed by atoms with Gasteiger partial charge in [-0.2, -0.15) is 5.10 Å². The van der Waals surface area contributed by atoms with Crippen LogP contribution in [0.5, 0.6) is 0 Å². The lowest BCUT2D eigenvalue weighted by molar-refractivity contribution is 0.0764. The van der Waals surface area contributed by atoms with Gasteiger partial charge in [-0.15, -0.1) is 0 Å². The summed E-state index contributed by atoms with van der Waals surface area (Å²) in [6, 6.07) is 7.16. The molecule has 144 valence electrons. The molecule has 0 unspecified atom stereocenters. The van der Waals surface area contributed by atoms with Gasteiger partial charge in [0, 0.05) is 46.7 Å². The van der Waals surface area contributed by atoms with Crippen molar-refractivity contribution in [2.75, 3.05) is 0 Å². The number of hydrogen-bond donors (Lipinski definition) is 1. The average Bonchev–Trinajstić information content (AvgIpc) is 3.18. The van der Waals surface area contributed by atoms with E-state index >= 15 is 0 Å². The fraction of sp³-hybridized carbons (Fsp3) is 0.250. The van der Waals surface area contributed by atoms with E-state index in [1.807, 2.05) is 32.3 Å². The van der Waals surface area contributed by atoms with Gasteiger partial charge in [-0.3, -0.25) is 14.5 Å². The number of aromatic nitrogens is 3. The van der Waals surface area contributed by atoms with Crippen LogP contribution in [0.3, 0.4) is 0 Å². The zero-order valence-electron chi connectivity index (χ0n) is 15.5. The molecule has 28 heavy (non-hydrogen) atoms. The number of carbonyl (C=O) groups is 1. The molecular weight excluding hydrogens is 397 g/mol. The van der Waals surface area contributed by atoms with E-state index in [0.29, 0.717) is 28.7 Å². The van der Waals surface area contributed by atoms with Crippen molar-refractivity contribution in [1.29, 1.82) is 0 Å². The molecule has 0 spiro atoms. The molecule has 2 aromatic heterocycles. The second-order valence-corrected chi connectivity index (χ2v) is 7.69. The summed E-state index contributed by atoms with van der Waals surface area (Å²) >= 11 is 12.5. The third-order valence-corrected chi connectivity index (χ3v) is 5.50. The Hall–Kier alpha value is -2.41. The summed E-state index contributed by atoms with van der Waals surface area (Å²) < 4.78 is 1.72. The first-order valence-electron chi connectivity index (χ1n) is 8.84. The van der Waals surface area contributed by atoms with Gasteiger partial charge in [-0.05, 0) is 30.7 Å². The van der Waals surface area contributed by atoms with Gasteiger partial charge < -0.3 is 10.6 Å². The summed E-state index contributed by atoms with van der Waals surface area (Å²) in [6.45, 7) is 3.01. The van der Waals surface area contributed by atoms with Gasteiger partial charge in [0.05, 0.1) is 30.0 Å². The smallest absolute Gasteiger partial charge is 0.257 e. The second-order valence-electron chi connectivity index (χ2n) is 6.84. The number of nitrogens with zero attached hydrogens (tertiary/aromatic N) is 4. The number of carbonyl (C=O) groups excluding carboxylic acids is 1. The molecule has 0 fully saturated rings. The predicted octanol–water partition coefficient (Wildman–Crippen LogP) is 3.71. The number of nitrogens with two attached hydrogens (primary N) is 1. The summed E-state index contributed by atoms with van der Waals surface area (Å²) in [5, 5.41) is 5.39. The van der Waals surface area contributed by atoms with Crippen molar-refractivity contribution in [3.63, 3.8) is 0 Å². The number of benzene rings is 1. The van der Waals surface area contributed by atoms with Gasteiger partial charge >= 0.3 is 0 Å². The van der Waals surface area contributed by atoms with E-state index < -0.39 is 0 Å². The van der Waals surface area contributed by atoms with Gasteiger partial charge in [-0.1, -0.05) is 29.3 Å². The topological polar surface area (TPSA) is 77.0 Å². The van der Waals surface area contributed by atoms with E-state index in [-0.39, 0.29) is 12.5 Å². The van der Waals surface area contributed by atoms with Gasteiger partial charge in [-0.25, -0.2) is 0 Å². The Morgan fingerprint density at radius 2 is 2.00 bits per heavy atom. The lowest BCUT2D eigenvalue weighted by Crippen LogP contribution is -2.24. The fourth-order valence-corrected chi connectivity index (χ4v) is 4.17. The van der Waals surface area contributed by atoms with Gasteiger partial charge in [0.25, 0.3) is 5.91 Å². The normalized spacial score (nSPS) is 13.3. The summed E-state index contributed by atoms with van der Waals surface area (Å²) in [6.07, 6.45) is 1.86. The molecule has 1 aliphatic rings. The number of amides is 1. The zero-order valence-corrected chi connectivity index (χ0v) is 17.1. The van der Waals surface area contributed by atoms with Crippen LogP contribution in [0.4, 0.5) is 0 Å². The molecule has 3 aromatic rings. The molecule has 1 aliphatic heterocycles. The summed E-state index contributed by atoms with van der Waals surface area (Å²) in [4.78, 5) is 19.7. The Morgan fingerprint density at radius 1 is 1.21 bits per heavy atom. The maximum atomic E-state index is 13.3. The van der Waals surface area contributed by atoms with Crippen LogP contribution < -0.4 is 5.73 Å². The average molecular weight is 416 g/mol. The van der Waals surface area contributed by atoms with Crippen LogP contribution >= 0.6 is 23.2 Å². The van der Waals surface area contributed by atoms with Gasteiger partial charge in [0.1, 0.15) is 0 Å². The first-order chi connectivity index (χ1) is 13.4. The van der Waals surface area contributed by atoms with Gasteiger partial charge in [0.15, 0.2) is 0 Å². The van der Waals surface area contributed by atoms with Crippen LogP contribution in [0.1, 0.15) is 33.0 Å². The highest BCUT2D eigenvalue weighted by molar-refractivity contribution is 6.36. The molecule has 0 atom stereocenters. The number of fused-ring (bicyclic) bond motifs is 1. The monoisotopic (exact) mass is 415 g/mol. The molecule has 8 heteroatoms.